The molecule has 2 atom stereocenters. The van der Waals surface area contributed by atoms with Crippen molar-refractivity contribution in [1.29, 1.82) is 0 Å². The van der Waals surface area contributed by atoms with Gasteiger partial charge >= 0.3 is 0 Å². The Morgan fingerprint density at radius 2 is 2.00 bits per heavy atom. The summed E-state index contributed by atoms with van der Waals surface area (Å²) in [7, 11) is 1.97. The number of nitrogens with zero attached hydrogens (tertiary/aromatic N) is 3. The van der Waals surface area contributed by atoms with Gasteiger partial charge in [0.1, 0.15) is 6.04 Å². The van der Waals surface area contributed by atoms with Crippen molar-refractivity contribution in [2.24, 2.45) is 12.8 Å². The van der Waals surface area contributed by atoms with Crippen LogP contribution in [-0.2, 0) is 40.8 Å². The van der Waals surface area contributed by atoms with Gasteiger partial charge in [-0.1, -0.05) is 30.3 Å². The number of amides is 3. The van der Waals surface area contributed by atoms with Crippen molar-refractivity contribution in [1.82, 2.24) is 9.88 Å². The molecule has 1 saturated heterocycles. The molecule has 0 radical (unpaired) electrons. The molecule has 39 heavy (non-hydrogen) atoms. The second-order valence-corrected chi connectivity index (χ2v) is 11.1. The van der Waals surface area contributed by atoms with E-state index in [9.17, 15) is 14.4 Å². The molecule has 2 aliphatic rings. The monoisotopic (exact) mass is 541 g/mol. The molecular weight excluding hydrogens is 510 g/mol. The molecular formula is C30H31N5O3S. The van der Waals surface area contributed by atoms with E-state index in [4.69, 9.17) is 5.73 Å². The highest BCUT2D eigenvalue weighted by Crippen LogP contribution is 2.40. The lowest BCUT2D eigenvalue weighted by atomic mass is 9.94. The van der Waals surface area contributed by atoms with E-state index in [1.54, 1.807) is 21.1 Å². The second kappa shape index (κ2) is 10.3. The Morgan fingerprint density at radius 1 is 1.15 bits per heavy atom. The molecule has 200 valence electrons. The number of nitrogens with one attached hydrogen (secondary N) is 1. The van der Waals surface area contributed by atoms with Crippen LogP contribution in [0.4, 0.5) is 11.4 Å². The minimum absolute atomic E-state index is 0.0705. The van der Waals surface area contributed by atoms with Crippen molar-refractivity contribution < 1.29 is 14.4 Å². The number of rotatable bonds is 7. The van der Waals surface area contributed by atoms with Crippen LogP contribution in [0, 0.1) is 0 Å². The van der Waals surface area contributed by atoms with E-state index in [2.05, 4.69) is 5.32 Å². The predicted molar refractivity (Wildman–Crippen MR) is 154 cm³/mol. The average molecular weight is 542 g/mol. The normalized spacial score (nSPS) is 18.1. The Morgan fingerprint density at radius 3 is 2.77 bits per heavy atom. The maximum Gasteiger partial charge on any atom is 0.250 e. The quantitative estimate of drug-likeness (QED) is 0.374. The summed E-state index contributed by atoms with van der Waals surface area (Å²) in [6, 6.07) is 14.3. The first kappa shape index (κ1) is 25.3. The molecule has 4 heterocycles. The molecule has 2 aromatic heterocycles. The zero-order valence-corrected chi connectivity index (χ0v) is 22.6. The number of aryl methyl sites for hydroxylation is 1. The Hall–Kier alpha value is -3.95. The van der Waals surface area contributed by atoms with Gasteiger partial charge in [0.05, 0.1) is 24.0 Å². The van der Waals surface area contributed by atoms with Crippen LogP contribution in [0.15, 0.2) is 65.5 Å². The molecule has 3 N–H and O–H groups in total. The Bertz CT molecular complexity index is 1560. The van der Waals surface area contributed by atoms with Gasteiger partial charge in [0.15, 0.2) is 0 Å². The fraction of sp³-hybridized carbons (Fsp3) is 0.300. The highest BCUT2D eigenvalue weighted by Gasteiger charge is 2.38. The molecule has 1 unspecified atom stereocenters. The Balaban J connectivity index is 1.27. The van der Waals surface area contributed by atoms with Gasteiger partial charge in [-0.3, -0.25) is 14.4 Å². The summed E-state index contributed by atoms with van der Waals surface area (Å²) in [5.74, 6) is -0.481. The zero-order chi connectivity index (χ0) is 27.1. The summed E-state index contributed by atoms with van der Waals surface area (Å²) < 4.78 is 2.03. The molecule has 6 rings (SSSR count). The van der Waals surface area contributed by atoms with Gasteiger partial charge < -0.3 is 25.4 Å². The maximum absolute atomic E-state index is 13.9. The first-order valence-corrected chi connectivity index (χ1v) is 14.2. The number of anilines is 2. The van der Waals surface area contributed by atoms with E-state index in [-0.39, 0.29) is 17.7 Å². The number of carbonyl (C=O) groups excluding carboxylic acids is 3. The molecule has 2 aromatic carbocycles. The smallest absolute Gasteiger partial charge is 0.250 e. The van der Waals surface area contributed by atoms with Crippen LogP contribution in [0.5, 0.6) is 0 Å². The lowest BCUT2D eigenvalue weighted by Gasteiger charge is -2.37. The summed E-state index contributed by atoms with van der Waals surface area (Å²) in [5, 5.41) is 8.01. The first-order chi connectivity index (χ1) is 18.9. The Kier molecular flexibility index (Phi) is 6.70. The lowest BCUT2D eigenvalue weighted by Crippen LogP contribution is -2.56. The third kappa shape index (κ3) is 4.72. The lowest BCUT2D eigenvalue weighted by molar-refractivity contribution is -0.128. The molecule has 2 aliphatic heterocycles. The van der Waals surface area contributed by atoms with E-state index in [1.165, 1.54) is 0 Å². The van der Waals surface area contributed by atoms with E-state index < -0.39 is 12.1 Å². The highest BCUT2D eigenvalue weighted by molar-refractivity contribution is 7.07. The second-order valence-electron chi connectivity index (χ2n) is 10.3. The standard InChI is InChI=1S/C30H31N5O3S/c1-33-17-21(22-7-2-3-8-25(22)33)14-23(31)29(37)32-24-15-20-6-4-9-26(34-12-5-10-27(34)36)28(20)35(30(24)38)16-19-11-13-39-18-19/h2-4,6-9,11,13,17-18,23-24H,5,10,12,14-16,31H2,1H3,(H,32,37)/t23-,24?/m1/s1. The number of hydrogen-bond acceptors (Lipinski definition) is 5. The van der Waals surface area contributed by atoms with Crippen molar-refractivity contribution in [3.63, 3.8) is 0 Å². The van der Waals surface area contributed by atoms with Crippen LogP contribution >= 0.6 is 11.3 Å². The molecule has 0 aliphatic carbocycles. The number of hydrogen-bond donors (Lipinski definition) is 2. The van der Waals surface area contributed by atoms with E-state index >= 15 is 0 Å². The number of para-hydroxylation sites is 2. The van der Waals surface area contributed by atoms with E-state index in [1.807, 2.05) is 77.1 Å². The van der Waals surface area contributed by atoms with Gasteiger partial charge in [-0.15, -0.1) is 0 Å². The SMILES string of the molecule is Cn1cc(C[C@@H](N)C(=O)NC2Cc3cccc(N4CCCC4=O)c3N(Cc3ccsc3)C2=O)c2ccccc21. The van der Waals surface area contributed by atoms with Crippen molar-refractivity contribution in [2.75, 3.05) is 16.3 Å². The summed E-state index contributed by atoms with van der Waals surface area (Å²) in [6.45, 7) is 1.00. The number of carbonyl (C=O) groups is 3. The van der Waals surface area contributed by atoms with Crippen molar-refractivity contribution in [3.8, 4) is 0 Å². The van der Waals surface area contributed by atoms with Crippen LogP contribution in [0.3, 0.4) is 0 Å². The van der Waals surface area contributed by atoms with E-state index in [0.29, 0.717) is 32.4 Å². The Labute approximate surface area is 231 Å². The van der Waals surface area contributed by atoms with Crippen LogP contribution in [0.1, 0.15) is 29.5 Å². The number of fused-ring (bicyclic) bond motifs is 2. The summed E-state index contributed by atoms with van der Waals surface area (Å²) >= 11 is 1.57. The van der Waals surface area contributed by atoms with Gasteiger partial charge in [0, 0.05) is 43.5 Å². The molecule has 8 nitrogen and oxygen atoms in total. The molecule has 0 spiro atoms. The number of thiophene rings is 1. The molecule has 3 amide bonds. The highest BCUT2D eigenvalue weighted by atomic mass is 32.1. The van der Waals surface area contributed by atoms with Crippen molar-refractivity contribution in [3.05, 3.63) is 82.2 Å². The molecule has 9 heteroatoms. The molecule has 0 saturated carbocycles. The minimum Gasteiger partial charge on any atom is -0.350 e. The van der Waals surface area contributed by atoms with Crippen molar-refractivity contribution >= 4 is 51.3 Å². The average Bonchev–Trinajstić information content (AvgIpc) is 3.67. The van der Waals surface area contributed by atoms with Crippen molar-refractivity contribution in [2.45, 2.75) is 44.3 Å². The number of nitrogens with two attached hydrogens (primary N) is 1. The van der Waals surface area contributed by atoms with Gasteiger partial charge in [-0.25, -0.2) is 0 Å². The molecule has 0 bridgehead atoms. The fourth-order valence-corrected chi connectivity index (χ4v) is 6.47. The van der Waals surface area contributed by atoms with E-state index in [0.717, 1.165) is 45.4 Å². The third-order valence-electron chi connectivity index (χ3n) is 7.71. The summed E-state index contributed by atoms with van der Waals surface area (Å²) in [6.07, 6.45) is 4.02. The number of benzene rings is 2. The van der Waals surface area contributed by atoms with Gasteiger partial charge in [-0.2, -0.15) is 11.3 Å². The topological polar surface area (TPSA) is 101 Å². The maximum atomic E-state index is 13.9. The third-order valence-corrected chi connectivity index (χ3v) is 8.45. The van der Waals surface area contributed by atoms with Gasteiger partial charge in [0.25, 0.3) is 0 Å². The largest absolute Gasteiger partial charge is 0.350 e. The van der Waals surface area contributed by atoms with Gasteiger partial charge in [-0.05, 0) is 58.5 Å². The van der Waals surface area contributed by atoms with Crippen LogP contribution in [0.2, 0.25) is 0 Å². The van der Waals surface area contributed by atoms with Gasteiger partial charge in [0.2, 0.25) is 17.7 Å². The summed E-state index contributed by atoms with van der Waals surface area (Å²) in [4.78, 5) is 43.4. The van der Waals surface area contributed by atoms with Crippen LogP contribution in [-0.4, -0.2) is 40.9 Å². The summed E-state index contributed by atoms with van der Waals surface area (Å²) in [5.41, 5.74) is 11.9. The first-order valence-electron chi connectivity index (χ1n) is 13.2. The molecule has 1 fully saturated rings. The fourth-order valence-electron chi connectivity index (χ4n) is 5.81. The number of aromatic nitrogens is 1. The predicted octanol–water partition coefficient (Wildman–Crippen LogP) is 3.51. The minimum atomic E-state index is -0.802. The van der Waals surface area contributed by atoms with Crippen LogP contribution in [0.25, 0.3) is 10.9 Å². The molecule has 4 aromatic rings. The zero-order valence-electron chi connectivity index (χ0n) is 21.8. The van der Waals surface area contributed by atoms with Crippen LogP contribution < -0.4 is 20.9 Å².